The Morgan fingerprint density at radius 3 is 2.27 bits per heavy atom. The largest absolute Gasteiger partial charge is 0.343 e. The maximum absolute atomic E-state index is 12.8. The van der Waals surface area contributed by atoms with Crippen molar-refractivity contribution >= 4 is 23.2 Å². The first-order chi connectivity index (χ1) is 14.4. The van der Waals surface area contributed by atoms with Crippen LogP contribution in [0.1, 0.15) is 46.3 Å². The molecular weight excluding hydrogens is 392 g/mol. The van der Waals surface area contributed by atoms with Gasteiger partial charge in [0.15, 0.2) is 0 Å². The zero-order valence-corrected chi connectivity index (χ0v) is 18.5. The lowest BCUT2D eigenvalue weighted by molar-refractivity contribution is -0.122. The smallest absolute Gasteiger partial charge is 0.254 e. The van der Waals surface area contributed by atoms with E-state index in [2.05, 4.69) is 43.4 Å². The fourth-order valence-electron chi connectivity index (χ4n) is 3.39. The van der Waals surface area contributed by atoms with E-state index >= 15 is 0 Å². The average Bonchev–Trinajstić information content (AvgIpc) is 3.27. The van der Waals surface area contributed by atoms with Gasteiger partial charge in [-0.2, -0.15) is 0 Å². The second-order valence-electron chi connectivity index (χ2n) is 7.88. The molecule has 0 fully saturated rings. The minimum Gasteiger partial charge on any atom is -0.343 e. The van der Waals surface area contributed by atoms with Crippen LogP contribution in [0, 0.1) is 5.92 Å². The van der Waals surface area contributed by atoms with E-state index < -0.39 is 0 Å². The van der Waals surface area contributed by atoms with Crippen molar-refractivity contribution in [3.8, 4) is 0 Å². The van der Waals surface area contributed by atoms with E-state index in [0.717, 1.165) is 16.9 Å². The summed E-state index contributed by atoms with van der Waals surface area (Å²) >= 11 is 1.61. The minimum absolute atomic E-state index is 0.00103. The topological polar surface area (TPSA) is 49.4 Å². The number of amides is 2. The molecule has 2 amide bonds. The van der Waals surface area contributed by atoms with Gasteiger partial charge >= 0.3 is 0 Å². The van der Waals surface area contributed by atoms with E-state index in [-0.39, 0.29) is 24.4 Å². The predicted molar refractivity (Wildman–Crippen MR) is 123 cm³/mol. The monoisotopic (exact) mass is 420 g/mol. The van der Waals surface area contributed by atoms with Crippen LogP contribution >= 0.6 is 11.3 Å². The molecule has 5 heteroatoms. The quantitative estimate of drug-likeness (QED) is 0.562. The summed E-state index contributed by atoms with van der Waals surface area (Å²) in [6, 6.07) is 21.2. The molecule has 30 heavy (non-hydrogen) atoms. The number of hydrogen-bond donors (Lipinski definition) is 1. The molecular formula is C25H28N2O2S. The van der Waals surface area contributed by atoms with Crippen LogP contribution in [0.2, 0.25) is 0 Å². The molecule has 0 aliphatic heterocycles. The Bertz CT molecular complexity index is 951. The molecule has 0 aliphatic carbocycles. The van der Waals surface area contributed by atoms with Crippen molar-refractivity contribution in [1.82, 2.24) is 10.2 Å². The van der Waals surface area contributed by atoms with Gasteiger partial charge in [0.05, 0.1) is 12.6 Å². The summed E-state index contributed by atoms with van der Waals surface area (Å²) in [6.07, 6.45) is 1.03. The number of thiophene rings is 1. The maximum atomic E-state index is 12.8. The van der Waals surface area contributed by atoms with E-state index in [9.17, 15) is 9.59 Å². The lowest BCUT2D eigenvalue weighted by atomic mass is 9.99. The Kier molecular flexibility index (Phi) is 7.41. The third-order valence-corrected chi connectivity index (χ3v) is 5.78. The van der Waals surface area contributed by atoms with Crippen LogP contribution < -0.4 is 5.32 Å². The molecule has 1 aromatic heterocycles. The molecule has 3 aromatic rings. The van der Waals surface area contributed by atoms with Gasteiger partial charge in [-0.1, -0.05) is 62.4 Å². The zero-order valence-electron chi connectivity index (χ0n) is 17.7. The highest BCUT2D eigenvalue weighted by molar-refractivity contribution is 7.10. The van der Waals surface area contributed by atoms with Crippen LogP contribution in [0.15, 0.2) is 72.1 Å². The molecule has 0 spiro atoms. The van der Waals surface area contributed by atoms with Gasteiger partial charge in [0, 0.05) is 17.5 Å². The lowest BCUT2D eigenvalue weighted by Gasteiger charge is -2.22. The second-order valence-corrected chi connectivity index (χ2v) is 8.86. The molecule has 0 radical (unpaired) electrons. The van der Waals surface area contributed by atoms with Crippen LogP contribution in [-0.2, 0) is 11.2 Å². The molecule has 1 N–H and O–H groups in total. The standard InChI is InChI=1S/C25H28N2O2S/c1-18(2)16-19-11-13-20(14-12-19)24(22-10-7-15-30-22)26-23(28)17-27(3)25(29)21-8-5-4-6-9-21/h4-15,18,24H,16-17H2,1-3H3,(H,26,28). The Morgan fingerprint density at radius 1 is 0.967 bits per heavy atom. The summed E-state index contributed by atoms with van der Waals surface area (Å²) in [7, 11) is 1.65. The first-order valence-corrected chi connectivity index (χ1v) is 11.0. The molecule has 0 saturated heterocycles. The summed E-state index contributed by atoms with van der Waals surface area (Å²) in [5, 5.41) is 5.12. The average molecular weight is 421 g/mol. The fourth-order valence-corrected chi connectivity index (χ4v) is 4.19. The first-order valence-electron chi connectivity index (χ1n) is 10.2. The van der Waals surface area contributed by atoms with Crippen molar-refractivity contribution in [3.05, 3.63) is 93.7 Å². The van der Waals surface area contributed by atoms with Gasteiger partial charge in [0.25, 0.3) is 5.91 Å². The van der Waals surface area contributed by atoms with Crippen LogP contribution in [0.3, 0.4) is 0 Å². The van der Waals surface area contributed by atoms with E-state index in [1.165, 1.54) is 10.5 Å². The Labute approximate surface area is 182 Å². The van der Waals surface area contributed by atoms with Crippen LogP contribution in [0.4, 0.5) is 0 Å². The molecule has 1 atom stereocenters. The number of nitrogens with zero attached hydrogens (tertiary/aromatic N) is 1. The predicted octanol–water partition coefficient (Wildman–Crippen LogP) is 4.92. The van der Waals surface area contributed by atoms with Crippen molar-refractivity contribution < 1.29 is 9.59 Å². The maximum Gasteiger partial charge on any atom is 0.254 e. The summed E-state index contributed by atoms with van der Waals surface area (Å²) < 4.78 is 0. The number of likely N-dealkylation sites (N-methyl/N-ethyl adjacent to an activating group) is 1. The van der Waals surface area contributed by atoms with Crippen LogP contribution in [-0.4, -0.2) is 30.3 Å². The molecule has 1 heterocycles. The summed E-state index contributed by atoms with van der Waals surface area (Å²) in [6.45, 7) is 4.41. The number of carbonyl (C=O) groups is 2. The Hall–Kier alpha value is -2.92. The summed E-state index contributed by atoms with van der Waals surface area (Å²) in [5.41, 5.74) is 2.90. The molecule has 156 valence electrons. The van der Waals surface area contributed by atoms with Gasteiger partial charge in [0.2, 0.25) is 5.91 Å². The van der Waals surface area contributed by atoms with Gasteiger partial charge in [-0.25, -0.2) is 0 Å². The van der Waals surface area contributed by atoms with Crippen molar-refractivity contribution in [2.24, 2.45) is 5.92 Å². The highest BCUT2D eigenvalue weighted by Crippen LogP contribution is 2.26. The number of rotatable bonds is 8. The van der Waals surface area contributed by atoms with Gasteiger partial charge in [-0.05, 0) is 47.0 Å². The number of carbonyl (C=O) groups excluding carboxylic acids is 2. The Morgan fingerprint density at radius 2 is 1.67 bits per heavy atom. The third-order valence-electron chi connectivity index (χ3n) is 4.84. The van der Waals surface area contributed by atoms with Crippen LogP contribution in [0.25, 0.3) is 0 Å². The second kappa shape index (κ2) is 10.2. The highest BCUT2D eigenvalue weighted by Gasteiger charge is 2.20. The molecule has 3 rings (SSSR count). The summed E-state index contributed by atoms with van der Waals surface area (Å²) in [5.74, 6) is 0.240. The fraction of sp³-hybridized carbons (Fsp3) is 0.280. The van der Waals surface area contributed by atoms with Crippen molar-refractivity contribution in [2.75, 3.05) is 13.6 Å². The number of benzene rings is 2. The first kappa shape index (κ1) is 21.8. The van der Waals surface area contributed by atoms with Gasteiger partial charge in [-0.3, -0.25) is 9.59 Å². The third kappa shape index (κ3) is 5.80. The molecule has 1 unspecified atom stereocenters. The van der Waals surface area contributed by atoms with E-state index in [4.69, 9.17) is 0 Å². The van der Waals surface area contributed by atoms with Gasteiger partial charge in [0.1, 0.15) is 0 Å². The highest BCUT2D eigenvalue weighted by atomic mass is 32.1. The van der Waals surface area contributed by atoms with E-state index in [1.54, 1.807) is 30.5 Å². The van der Waals surface area contributed by atoms with Crippen LogP contribution in [0.5, 0.6) is 0 Å². The van der Waals surface area contributed by atoms with Crippen molar-refractivity contribution in [2.45, 2.75) is 26.3 Å². The van der Waals surface area contributed by atoms with E-state index in [1.807, 2.05) is 35.7 Å². The van der Waals surface area contributed by atoms with E-state index in [0.29, 0.717) is 11.5 Å². The van der Waals surface area contributed by atoms with Gasteiger partial charge in [-0.15, -0.1) is 11.3 Å². The SMILES string of the molecule is CC(C)Cc1ccc(C(NC(=O)CN(C)C(=O)c2ccccc2)c2cccs2)cc1. The Balaban J connectivity index is 1.71. The van der Waals surface area contributed by atoms with Gasteiger partial charge < -0.3 is 10.2 Å². The molecule has 0 bridgehead atoms. The van der Waals surface area contributed by atoms with Crippen molar-refractivity contribution in [1.29, 1.82) is 0 Å². The normalized spacial score (nSPS) is 11.9. The van der Waals surface area contributed by atoms with Crippen molar-refractivity contribution in [3.63, 3.8) is 0 Å². The molecule has 0 aliphatic rings. The summed E-state index contributed by atoms with van der Waals surface area (Å²) in [4.78, 5) is 27.8. The molecule has 4 nitrogen and oxygen atoms in total. The minimum atomic E-state index is -0.231. The zero-order chi connectivity index (χ0) is 21.5. The number of nitrogens with one attached hydrogen (secondary N) is 1. The molecule has 2 aromatic carbocycles. The molecule has 0 saturated carbocycles. The number of hydrogen-bond acceptors (Lipinski definition) is 3. The lowest BCUT2D eigenvalue weighted by Crippen LogP contribution is -2.40.